The molecule has 0 atom stereocenters. The van der Waals surface area contributed by atoms with Crippen molar-refractivity contribution in [3.8, 4) is 0 Å². The molecule has 0 aromatic heterocycles. The van der Waals surface area contributed by atoms with Crippen molar-refractivity contribution in [2.45, 2.75) is 12.3 Å². The summed E-state index contributed by atoms with van der Waals surface area (Å²) in [6.45, 7) is -1.81. The van der Waals surface area contributed by atoms with Gasteiger partial charge in [-0.25, -0.2) is 8.78 Å². The van der Waals surface area contributed by atoms with Crippen LogP contribution in [0.1, 0.15) is 15.9 Å². The van der Waals surface area contributed by atoms with Crippen molar-refractivity contribution in [3.05, 3.63) is 35.4 Å². The largest absolute Gasteiger partial charge is 0.390 e. The minimum atomic E-state index is -3.31. The third-order valence-corrected chi connectivity index (χ3v) is 2.41. The number of alkyl halides is 2. The van der Waals surface area contributed by atoms with Crippen molar-refractivity contribution < 1.29 is 18.7 Å². The molecule has 0 unspecified atom stereocenters. The fourth-order valence-electron chi connectivity index (χ4n) is 1.48. The van der Waals surface area contributed by atoms with Crippen LogP contribution >= 0.6 is 0 Å². The molecular weight excluding hydrogens is 242 g/mol. The minimum absolute atomic E-state index is 0.330. The summed E-state index contributed by atoms with van der Waals surface area (Å²) in [6.07, 6.45) is 0.500. The van der Waals surface area contributed by atoms with Crippen LogP contribution in [0.2, 0.25) is 0 Å². The quantitative estimate of drug-likeness (QED) is 0.697. The summed E-state index contributed by atoms with van der Waals surface area (Å²) in [6, 6.07) is 6.69. The number of aliphatic hydroxyl groups is 1. The second-order valence-corrected chi connectivity index (χ2v) is 3.89. The van der Waals surface area contributed by atoms with Gasteiger partial charge in [0.25, 0.3) is 11.8 Å². The first-order chi connectivity index (χ1) is 8.50. The Morgan fingerprint density at radius 3 is 2.67 bits per heavy atom. The molecule has 0 heterocycles. The van der Waals surface area contributed by atoms with Gasteiger partial charge in [0, 0.05) is 5.56 Å². The van der Waals surface area contributed by atoms with Crippen LogP contribution in [0.5, 0.6) is 0 Å². The molecule has 0 spiro atoms. The van der Waals surface area contributed by atoms with Crippen molar-refractivity contribution >= 4 is 5.91 Å². The number of halogens is 2. The van der Waals surface area contributed by atoms with Gasteiger partial charge in [-0.05, 0) is 24.6 Å². The zero-order chi connectivity index (χ0) is 13.6. The Labute approximate surface area is 104 Å². The zero-order valence-electron chi connectivity index (χ0n) is 9.83. The molecule has 4 nitrogen and oxygen atoms in total. The van der Waals surface area contributed by atoms with E-state index in [4.69, 9.17) is 10.8 Å². The Morgan fingerprint density at radius 1 is 1.39 bits per heavy atom. The van der Waals surface area contributed by atoms with Gasteiger partial charge in [0.2, 0.25) is 0 Å². The van der Waals surface area contributed by atoms with Gasteiger partial charge in [-0.3, -0.25) is 4.79 Å². The summed E-state index contributed by atoms with van der Waals surface area (Å²) in [5, 5.41) is 10.5. The highest BCUT2D eigenvalue weighted by Gasteiger charge is 2.28. The SMILES string of the molecule is NCCc1ccccc1C(=O)NCC(F)(F)CO. The number of nitrogens with two attached hydrogens (primary N) is 1. The molecule has 0 aliphatic heterocycles. The fraction of sp³-hybridized carbons (Fsp3) is 0.417. The number of carbonyl (C=O) groups is 1. The maximum absolute atomic E-state index is 12.8. The summed E-state index contributed by atoms with van der Waals surface area (Å²) in [5.41, 5.74) is 6.45. The van der Waals surface area contributed by atoms with Crippen molar-refractivity contribution in [3.63, 3.8) is 0 Å². The van der Waals surface area contributed by atoms with Crippen molar-refractivity contribution in [2.75, 3.05) is 19.7 Å². The number of carbonyl (C=O) groups excluding carboxylic acids is 1. The van der Waals surface area contributed by atoms with E-state index >= 15 is 0 Å². The molecule has 1 amide bonds. The van der Waals surface area contributed by atoms with Crippen LogP contribution < -0.4 is 11.1 Å². The van der Waals surface area contributed by atoms with E-state index in [0.717, 1.165) is 0 Å². The summed E-state index contributed by atoms with van der Waals surface area (Å²) in [5.74, 6) is -3.90. The summed E-state index contributed by atoms with van der Waals surface area (Å²) < 4.78 is 25.6. The fourth-order valence-corrected chi connectivity index (χ4v) is 1.48. The Balaban J connectivity index is 2.72. The van der Waals surface area contributed by atoms with E-state index < -0.39 is 25.0 Å². The molecule has 0 aliphatic carbocycles. The first-order valence-corrected chi connectivity index (χ1v) is 5.55. The third-order valence-electron chi connectivity index (χ3n) is 2.41. The molecule has 0 saturated carbocycles. The topological polar surface area (TPSA) is 75.4 Å². The molecule has 1 aromatic carbocycles. The van der Waals surface area contributed by atoms with E-state index in [1.807, 2.05) is 0 Å². The lowest BCUT2D eigenvalue weighted by molar-refractivity contribution is -0.0462. The van der Waals surface area contributed by atoms with Crippen LogP contribution in [-0.4, -0.2) is 36.6 Å². The van der Waals surface area contributed by atoms with Crippen LogP contribution in [0.3, 0.4) is 0 Å². The highest BCUT2D eigenvalue weighted by atomic mass is 19.3. The molecule has 1 aromatic rings. The summed E-state index contributed by atoms with van der Waals surface area (Å²) in [7, 11) is 0. The van der Waals surface area contributed by atoms with Crippen LogP contribution in [0, 0.1) is 0 Å². The normalized spacial score (nSPS) is 11.3. The smallest absolute Gasteiger partial charge is 0.287 e. The van der Waals surface area contributed by atoms with Gasteiger partial charge in [0.15, 0.2) is 0 Å². The number of hydrogen-bond donors (Lipinski definition) is 3. The Bertz CT molecular complexity index is 411. The Morgan fingerprint density at radius 2 is 2.06 bits per heavy atom. The lowest BCUT2D eigenvalue weighted by Crippen LogP contribution is -2.39. The molecule has 4 N–H and O–H groups in total. The molecule has 0 saturated heterocycles. The number of rotatable bonds is 6. The summed E-state index contributed by atoms with van der Waals surface area (Å²) in [4.78, 5) is 11.7. The number of amides is 1. The molecule has 6 heteroatoms. The van der Waals surface area contributed by atoms with Gasteiger partial charge in [0.1, 0.15) is 6.61 Å². The lowest BCUT2D eigenvalue weighted by atomic mass is 10.0. The predicted octanol–water partition coefficient (Wildman–Crippen LogP) is 0.545. The molecule has 100 valence electrons. The van der Waals surface area contributed by atoms with Gasteiger partial charge in [0.05, 0.1) is 6.54 Å². The average molecular weight is 258 g/mol. The predicted molar refractivity (Wildman–Crippen MR) is 63.6 cm³/mol. The van der Waals surface area contributed by atoms with Crippen molar-refractivity contribution in [1.29, 1.82) is 0 Å². The van der Waals surface area contributed by atoms with Crippen LogP contribution in [-0.2, 0) is 6.42 Å². The first kappa shape index (κ1) is 14.5. The monoisotopic (exact) mass is 258 g/mol. The van der Waals surface area contributed by atoms with Crippen molar-refractivity contribution in [1.82, 2.24) is 5.32 Å². The Kier molecular flexibility index (Phi) is 5.18. The second-order valence-electron chi connectivity index (χ2n) is 3.89. The number of nitrogens with one attached hydrogen (secondary N) is 1. The van der Waals surface area contributed by atoms with E-state index in [2.05, 4.69) is 5.32 Å². The van der Waals surface area contributed by atoms with E-state index in [1.165, 1.54) is 0 Å². The summed E-state index contributed by atoms with van der Waals surface area (Å²) >= 11 is 0. The molecule has 0 fully saturated rings. The Hall–Kier alpha value is -1.53. The number of hydrogen-bond acceptors (Lipinski definition) is 3. The molecule has 0 radical (unpaired) electrons. The molecule has 1 rings (SSSR count). The highest BCUT2D eigenvalue weighted by molar-refractivity contribution is 5.95. The van der Waals surface area contributed by atoms with Gasteiger partial charge in [-0.15, -0.1) is 0 Å². The van der Waals surface area contributed by atoms with E-state index in [-0.39, 0.29) is 0 Å². The van der Waals surface area contributed by atoms with E-state index in [0.29, 0.717) is 24.1 Å². The number of aliphatic hydroxyl groups excluding tert-OH is 1. The van der Waals surface area contributed by atoms with Crippen LogP contribution in [0.25, 0.3) is 0 Å². The van der Waals surface area contributed by atoms with Gasteiger partial charge in [-0.1, -0.05) is 18.2 Å². The first-order valence-electron chi connectivity index (χ1n) is 5.55. The second kappa shape index (κ2) is 6.42. The average Bonchev–Trinajstić information content (AvgIpc) is 2.37. The minimum Gasteiger partial charge on any atom is -0.390 e. The van der Waals surface area contributed by atoms with Gasteiger partial charge < -0.3 is 16.2 Å². The maximum Gasteiger partial charge on any atom is 0.287 e. The van der Waals surface area contributed by atoms with Crippen molar-refractivity contribution in [2.24, 2.45) is 5.73 Å². The van der Waals surface area contributed by atoms with Gasteiger partial charge >= 0.3 is 0 Å². The highest BCUT2D eigenvalue weighted by Crippen LogP contribution is 2.12. The van der Waals surface area contributed by atoms with E-state index in [9.17, 15) is 13.6 Å². The van der Waals surface area contributed by atoms with Gasteiger partial charge in [-0.2, -0.15) is 0 Å². The maximum atomic E-state index is 12.8. The zero-order valence-corrected chi connectivity index (χ0v) is 9.83. The molecule has 0 aliphatic rings. The molecule has 18 heavy (non-hydrogen) atoms. The van der Waals surface area contributed by atoms with E-state index in [1.54, 1.807) is 24.3 Å². The standard InChI is InChI=1S/C12H16F2N2O2/c13-12(14,8-17)7-16-11(18)10-4-2-1-3-9(10)5-6-15/h1-4,17H,5-8,15H2,(H,16,18). The van der Waals surface area contributed by atoms with Crippen LogP contribution in [0.15, 0.2) is 24.3 Å². The third kappa shape index (κ3) is 4.05. The number of benzene rings is 1. The molecular formula is C12H16F2N2O2. The van der Waals surface area contributed by atoms with Crippen LogP contribution in [0.4, 0.5) is 8.78 Å². The lowest BCUT2D eigenvalue weighted by Gasteiger charge is -2.15. The molecule has 0 bridgehead atoms.